The minimum absolute atomic E-state index is 0.733. The molecule has 1 heteroatoms. The van der Waals surface area contributed by atoms with Gasteiger partial charge in [0.05, 0.1) is 0 Å². The van der Waals surface area contributed by atoms with Crippen LogP contribution in [-0.4, -0.2) is 5.71 Å². The van der Waals surface area contributed by atoms with E-state index in [2.05, 4.69) is 20.8 Å². The Kier molecular flexibility index (Phi) is 2.12. The van der Waals surface area contributed by atoms with E-state index in [-0.39, 0.29) is 0 Å². The zero-order valence-corrected chi connectivity index (χ0v) is 7.15. The standard InChI is InChI=1S/C9H17N/c1-6-4-9(10)5-7(2)8(6)3/h6-8,10H,4-5H2,1-3H3. The lowest BCUT2D eigenvalue weighted by Gasteiger charge is -2.31. The van der Waals surface area contributed by atoms with Crippen molar-refractivity contribution in [2.75, 3.05) is 0 Å². The number of nitrogens with one attached hydrogen (secondary N) is 1. The van der Waals surface area contributed by atoms with Crippen molar-refractivity contribution < 1.29 is 0 Å². The van der Waals surface area contributed by atoms with E-state index >= 15 is 0 Å². The van der Waals surface area contributed by atoms with Gasteiger partial charge < -0.3 is 5.41 Å². The van der Waals surface area contributed by atoms with E-state index in [4.69, 9.17) is 5.41 Å². The van der Waals surface area contributed by atoms with Gasteiger partial charge in [-0.2, -0.15) is 0 Å². The second kappa shape index (κ2) is 2.73. The van der Waals surface area contributed by atoms with Crippen LogP contribution in [0, 0.1) is 23.2 Å². The molecule has 1 rings (SSSR count). The van der Waals surface area contributed by atoms with Gasteiger partial charge in [0.25, 0.3) is 0 Å². The van der Waals surface area contributed by atoms with Crippen molar-refractivity contribution in [3.8, 4) is 0 Å². The molecule has 1 saturated carbocycles. The molecule has 0 aromatic heterocycles. The van der Waals surface area contributed by atoms with Crippen molar-refractivity contribution >= 4 is 5.71 Å². The summed E-state index contributed by atoms with van der Waals surface area (Å²) < 4.78 is 0. The third-order valence-electron chi connectivity index (χ3n) is 2.93. The predicted molar refractivity (Wildman–Crippen MR) is 44.5 cm³/mol. The molecule has 1 N–H and O–H groups in total. The first kappa shape index (κ1) is 7.77. The molecular weight excluding hydrogens is 122 g/mol. The van der Waals surface area contributed by atoms with Crippen LogP contribution >= 0.6 is 0 Å². The number of hydrogen-bond acceptors (Lipinski definition) is 1. The molecule has 0 heterocycles. The first-order valence-corrected chi connectivity index (χ1v) is 4.17. The van der Waals surface area contributed by atoms with E-state index in [0.717, 1.165) is 36.3 Å². The second-order valence-corrected chi connectivity index (χ2v) is 3.83. The lowest BCUT2D eigenvalue weighted by atomic mass is 9.74. The van der Waals surface area contributed by atoms with Crippen LogP contribution in [0.5, 0.6) is 0 Å². The molecule has 1 fully saturated rings. The molecule has 0 amide bonds. The Balaban J connectivity index is 2.57. The van der Waals surface area contributed by atoms with Crippen LogP contribution < -0.4 is 0 Å². The summed E-state index contributed by atoms with van der Waals surface area (Å²) in [5, 5.41) is 7.54. The van der Waals surface area contributed by atoms with Gasteiger partial charge in [0, 0.05) is 5.71 Å². The van der Waals surface area contributed by atoms with Crippen molar-refractivity contribution in [1.29, 1.82) is 5.41 Å². The Morgan fingerprint density at radius 3 is 1.90 bits per heavy atom. The van der Waals surface area contributed by atoms with Crippen molar-refractivity contribution in [2.45, 2.75) is 33.6 Å². The lowest BCUT2D eigenvalue weighted by molar-refractivity contribution is 0.266. The van der Waals surface area contributed by atoms with E-state index in [1.54, 1.807) is 0 Å². The van der Waals surface area contributed by atoms with E-state index in [1.807, 2.05) is 0 Å². The molecule has 2 unspecified atom stereocenters. The first-order chi connectivity index (χ1) is 4.61. The Bertz CT molecular complexity index is 126. The summed E-state index contributed by atoms with van der Waals surface area (Å²) in [4.78, 5) is 0. The normalized spacial score (nSPS) is 41.9. The molecule has 0 aliphatic heterocycles. The third-order valence-corrected chi connectivity index (χ3v) is 2.93. The molecule has 0 saturated heterocycles. The monoisotopic (exact) mass is 139 g/mol. The van der Waals surface area contributed by atoms with E-state index in [1.165, 1.54) is 0 Å². The van der Waals surface area contributed by atoms with Gasteiger partial charge in [0.1, 0.15) is 0 Å². The maximum atomic E-state index is 7.54. The molecule has 0 aromatic rings. The minimum atomic E-state index is 0.733. The smallest absolute Gasteiger partial charge is 0.00946 e. The average Bonchev–Trinajstić information content (AvgIpc) is 1.82. The molecule has 10 heavy (non-hydrogen) atoms. The maximum absolute atomic E-state index is 7.54. The molecule has 1 nitrogen and oxygen atoms in total. The molecule has 2 atom stereocenters. The van der Waals surface area contributed by atoms with E-state index in [9.17, 15) is 0 Å². The molecule has 0 bridgehead atoms. The summed E-state index contributed by atoms with van der Waals surface area (Å²) in [5.41, 5.74) is 0.957. The molecule has 1 aliphatic carbocycles. The average molecular weight is 139 g/mol. The van der Waals surface area contributed by atoms with Gasteiger partial charge in [-0.3, -0.25) is 0 Å². The first-order valence-electron chi connectivity index (χ1n) is 4.17. The van der Waals surface area contributed by atoms with Gasteiger partial charge in [-0.15, -0.1) is 0 Å². The Morgan fingerprint density at radius 1 is 1.10 bits per heavy atom. The Hall–Kier alpha value is -0.330. The quantitative estimate of drug-likeness (QED) is 0.533. The predicted octanol–water partition coefficient (Wildman–Crippen LogP) is 2.71. The van der Waals surface area contributed by atoms with Crippen LogP contribution in [0.2, 0.25) is 0 Å². The molecule has 0 aromatic carbocycles. The van der Waals surface area contributed by atoms with Crippen molar-refractivity contribution in [3.05, 3.63) is 0 Å². The van der Waals surface area contributed by atoms with Crippen LogP contribution in [-0.2, 0) is 0 Å². The molecule has 1 aliphatic rings. The van der Waals surface area contributed by atoms with Crippen molar-refractivity contribution in [3.63, 3.8) is 0 Å². The second-order valence-electron chi connectivity index (χ2n) is 3.83. The highest BCUT2D eigenvalue weighted by Crippen LogP contribution is 2.31. The van der Waals surface area contributed by atoms with Gasteiger partial charge in [-0.05, 0) is 30.6 Å². The summed E-state index contributed by atoms with van der Waals surface area (Å²) in [6, 6.07) is 0. The highest BCUT2D eigenvalue weighted by molar-refractivity contribution is 5.82. The van der Waals surface area contributed by atoms with Crippen LogP contribution in [0.1, 0.15) is 33.6 Å². The van der Waals surface area contributed by atoms with E-state index in [0.29, 0.717) is 0 Å². The zero-order chi connectivity index (χ0) is 7.72. The van der Waals surface area contributed by atoms with Crippen LogP contribution in [0.15, 0.2) is 0 Å². The summed E-state index contributed by atoms with van der Waals surface area (Å²) >= 11 is 0. The highest BCUT2D eigenvalue weighted by Gasteiger charge is 2.26. The van der Waals surface area contributed by atoms with Gasteiger partial charge >= 0.3 is 0 Å². The summed E-state index contributed by atoms with van der Waals surface area (Å²) in [6.07, 6.45) is 2.07. The number of rotatable bonds is 0. The van der Waals surface area contributed by atoms with Crippen LogP contribution in [0.25, 0.3) is 0 Å². The molecular formula is C9H17N. The summed E-state index contributed by atoms with van der Waals surface area (Å²) in [7, 11) is 0. The third kappa shape index (κ3) is 1.39. The maximum Gasteiger partial charge on any atom is 0.00946 e. The molecule has 58 valence electrons. The van der Waals surface area contributed by atoms with Crippen molar-refractivity contribution in [1.82, 2.24) is 0 Å². The van der Waals surface area contributed by atoms with Crippen LogP contribution in [0.4, 0.5) is 0 Å². The fraction of sp³-hybridized carbons (Fsp3) is 0.889. The fourth-order valence-electron chi connectivity index (χ4n) is 1.79. The largest absolute Gasteiger partial charge is 0.310 e. The van der Waals surface area contributed by atoms with Crippen LogP contribution in [0.3, 0.4) is 0 Å². The van der Waals surface area contributed by atoms with Gasteiger partial charge in [-0.1, -0.05) is 20.8 Å². The fourth-order valence-corrected chi connectivity index (χ4v) is 1.79. The number of hydrogen-bond donors (Lipinski definition) is 1. The SMILES string of the molecule is CC1CC(=N)CC(C)C1C. The van der Waals surface area contributed by atoms with E-state index < -0.39 is 0 Å². The van der Waals surface area contributed by atoms with Gasteiger partial charge in [0.2, 0.25) is 0 Å². The highest BCUT2D eigenvalue weighted by atomic mass is 14.5. The summed E-state index contributed by atoms with van der Waals surface area (Å²) in [5.74, 6) is 2.28. The molecule has 0 radical (unpaired) electrons. The summed E-state index contributed by atoms with van der Waals surface area (Å²) in [6.45, 7) is 6.82. The molecule has 0 spiro atoms. The lowest BCUT2D eigenvalue weighted by Crippen LogP contribution is -2.27. The van der Waals surface area contributed by atoms with Crippen molar-refractivity contribution in [2.24, 2.45) is 17.8 Å². The van der Waals surface area contributed by atoms with Gasteiger partial charge in [-0.25, -0.2) is 0 Å². The topological polar surface area (TPSA) is 23.9 Å². The minimum Gasteiger partial charge on any atom is -0.310 e. The Labute approximate surface area is 63.3 Å². The Morgan fingerprint density at radius 2 is 1.50 bits per heavy atom. The van der Waals surface area contributed by atoms with Gasteiger partial charge in [0.15, 0.2) is 0 Å². The zero-order valence-electron chi connectivity index (χ0n) is 7.15.